The van der Waals surface area contributed by atoms with E-state index in [1.807, 2.05) is 41.3 Å². The van der Waals surface area contributed by atoms with Gasteiger partial charge in [-0.25, -0.2) is 0 Å². The van der Waals surface area contributed by atoms with Crippen molar-refractivity contribution in [1.29, 1.82) is 0 Å². The molecular weight excluding hydrogens is 456 g/mol. The highest BCUT2D eigenvalue weighted by Crippen LogP contribution is 2.31. The fraction of sp³-hybridized carbons (Fsp3) is 0.240. The highest BCUT2D eigenvalue weighted by Gasteiger charge is 2.23. The van der Waals surface area contributed by atoms with Gasteiger partial charge in [0.05, 0.1) is 17.6 Å². The molecule has 5 rings (SSSR count). The summed E-state index contributed by atoms with van der Waals surface area (Å²) in [5.41, 5.74) is 1.73. The number of rotatable bonds is 4. The van der Waals surface area contributed by atoms with Gasteiger partial charge in [0.15, 0.2) is 11.5 Å². The molecule has 3 heterocycles. The first-order chi connectivity index (χ1) is 16.6. The molecule has 0 unspecified atom stereocenters. The minimum Gasteiger partial charge on any atom is -0.486 e. The fourth-order valence-corrected chi connectivity index (χ4v) is 4.25. The Morgan fingerprint density at radius 2 is 1.71 bits per heavy atom. The molecule has 1 fully saturated rings. The topological polar surface area (TPSA) is 76.9 Å². The largest absolute Gasteiger partial charge is 0.486 e. The number of carbonyl (C=O) groups excluding carboxylic acids is 1. The molecule has 9 heteroatoms. The third-order valence-corrected chi connectivity index (χ3v) is 6.17. The Balaban J connectivity index is 1.22. The Bertz CT molecular complexity index is 1280. The number of fused-ring (bicyclic) bond motifs is 1. The van der Waals surface area contributed by atoms with Crippen molar-refractivity contribution >= 4 is 29.3 Å². The third kappa shape index (κ3) is 4.49. The third-order valence-electron chi connectivity index (χ3n) is 5.82. The molecule has 0 bridgehead atoms. The summed E-state index contributed by atoms with van der Waals surface area (Å²) < 4.78 is 12.4. The number of halogens is 1. The molecule has 0 radical (unpaired) electrons. The summed E-state index contributed by atoms with van der Waals surface area (Å²) >= 11 is 6.42. The van der Waals surface area contributed by atoms with E-state index in [0.29, 0.717) is 56.5 Å². The van der Waals surface area contributed by atoms with Gasteiger partial charge in [0.2, 0.25) is 5.91 Å². The van der Waals surface area contributed by atoms with Gasteiger partial charge in [-0.15, -0.1) is 0 Å². The number of benzene rings is 2. The number of piperazine rings is 1. The summed E-state index contributed by atoms with van der Waals surface area (Å²) in [5, 5.41) is 4.42. The first kappa shape index (κ1) is 22.0. The molecule has 34 heavy (non-hydrogen) atoms. The molecule has 0 saturated carbocycles. The van der Waals surface area contributed by atoms with E-state index in [0.717, 1.165) is 11.3 Å². The van der Waals surface area contributed by atoms with E-state index in [4.69, 9.17) is 21.1 Å². The second-order valence-corrected chi connectivity index (χ2v) is 8.32. The fourth-order valence-electron chi connectivity index (χ4n) is 4.00. The molecule has 2 aliphatic rings. The molecule has 8 nitrogen and oxygen atoms in total. The monoisotopic (exact) mass is 478 g/mol. The van der Waals surface area contributed by atoms with Crippen LogP contribution in [0.4, 0.5) is 5.69 Å². The minimum atomic E-state index is -0.369. The van der Waals surface area contributed by atoms with E-state index in [-0.39, 0.29) is 16.5 Å². The van der Waals surface area contributed by atoms with E-state index in [2.05, 4.69) is 5.10 Å². The first-order valence-corrected chi connectivity index (χ1v) is 11.4. The second kappa shape index (κ2) is 9.61. The molecule has 0 aliphatic carbocycles. The van der Waals surface area contributed by atoms with E-state index in [1.165, 1.54) is 4.68 Å². The summed E-state index contributed by atoms with van der Waals surface area (Å²) in [4.78, 5) is 29.2. The van der Waals surface area contributed by atoms with Gasteiger partial charge in [-0.3, -0.25) is 9.59 Å². The van der Waals surface area contributed by atoms with E-state index in [1.54, 1.807) is 35.4 Å². The molecule has 0 N–H and O–H groups in total. The number of hydrogen-bond donors (Lipinski definition) is 0. The second-order valence-electron chi connectivity index (χ2n) is 7.95. The zero-order chi connectivity index (χ0) is 23.5. The lowest BCUT2D eigenvalue weighted by molar-refractivity contribution is -0.126. The van der Waals surface area contributed by atoms with Crippen molar-refractivity contribution in [2.45, 2.75) is 0 Å². The van der Waals surface area contributed by atoms with Crippen LogP contribution in [0.3, 0.4) is 0 Å². The first-order valence-electron chi connectivity index (χ1n) is 11.0. The Morgan fingerprint density at radius 1 is 0.971 bits per heavy atom. The van der Waals surface area contributed by atoms with Gasteiger partial charge in [-0.05, 0) is 35.9 Å². The van der Waals surface area contributed by atoms with Crippen molar-refractivity contribution in [3.63, 3.8) is 0 Å². The van der Waals surface area contributed by atoms with Gasteiger partial charge >= 0.3 is 0 Å². The Kier molecular flexibility index (Phi) is 6.22. The van der Waals surface area contributed by atoms with Crippen LogP contribution in [0.2, 0.25) is 5.02 Å². The summed E-state index contributed by atoms with van der Waals surface area (Å²) in [6.07, 6.45) is 4.95. The van der Waals surface area contributed by atoms with Crippen LogP contribution in [0.1, 0.15) is 5.56 Å². The molecule has 1 amide bonds. The standard InChI is InChI=1S/C25H23ClN4O4/c26-24-20(17-27-30(25(24)32)19-4-2-1-3-5-19)28-10-12-29(13-11-28)23(31)9-7-18-6-8-21-22(16-18)34-15-14-33-21/h1-9,16-17H,10-15H2. The highest BCUT2D eigenvalue weighted by atomic mass is 35.5. The Hall–Kier alpha value is -3.78. The van der Waals surface area contributed by atoms with Crippen LogP contribution < -0.4 is 19.9 Å². The van der Waals surface area contributed by atoms with Gasteiger partial charge in [-0.2, -0.15) is 9.78 Å². The van der Waals surface area contributed by atoms with Crippen LogP contribution in [0, 0.1) is 0 Å². The number of aromatic nitrogens is 2. The predicted molar refractivity (Wildman–Crippen MR) is 130 cm³/mol. The van der Waals surface area contributed by atoms with Crippen LogP contribution in [0.15, 0.2) is 65.6 Å². The molecule has 0 atom stereocenters. The lowest BCUT2D eigenvalue weighted by Gasteiger charge is -2.35. The maximum absolute atomic E-state index is 12.8. The number of nitrogens with zero attached hydrogens (tertiary/aromatic N) is 4. The van der Waals surface area contributed by atoms with Crippen molar-refractivity contribution in [3.05, 3.63) is 81.7 Å². The lowest BCUT2D eigenvalue weighted by Crippen LogP contribution is -2.48. The van der Waals surface area contributed by atoms with Gasteiger partial charge < -0.3 is 19.3 Å². The normalized spacial score (nSPS) is 15.6. The molecule has 0 spiro atoms. The van der Waals surface area contributed by atoms with Crippen LogP contribution >= 0.6 is 11.6 Å². The summed E-state index contributed by atoms with van der Waals surface area (Å²) in [5.74, 6) is 1.34. The lowest BCUT2D eigenvalue weighted by atomic mass is 10.1. The number of para-hydroxylation sites is 1. The van der Waals surface area contributed by atoms with Crippen molar-refractivity contribution in [2.75, 3.05) is 44.3 Å². The minimum absolute atomic E-state index is 0.0711. The van der Waals surface area contributed by atoms with Crippen LogP contribution in [0.5, 0.6) is 11.5 Å². The summed E-state index contributed by atoms with van der Waals surface area (Å²) in [6.45, 7) is 3.20. The summed E-state index contributed by atoms with van der Waals surface area (Å²) in [6, 6.07) is 14.7. The van der Waals surface area contributed by atoms with Gasteiger partial charge in [0.25, 0.3) is 5.56 Å². The van der Waals surface area contributed by atoms with E-state index >= 15 is 0 Å². The van der Waals surface area contributed by atoms with Crippen molar-refractivity contribution in [3.8, 4) is 17.2 Å². The van der Waals surface area contributed by atoms with E-state index in [9.17, 15) is 9.59 Å². The van der Waals surface area contributed by atoms with Crippen LogP contribution in [-0.4, -0.2) is 60.0 Å². The van der Waals surface area contributed by atoms with Crippen LogP contribution in [0.25, 0.3) is 11.8 Å². The molecule has 2 aromatic carbocycles. The summed E-state index contributed by atoms with van der Waals surface area (Å²) in [7, 11) is 0. The molecule has 1 aromatic heterocycles. The molecule has 3 aromatic rings. The molecule has 174 valence electrons. The zero-order valence-corrected chi connectivity index (χ0v) is 19.1. The Labute approximate surface area is 201 Å². The average molecular weight is 479 g/mol. The molecule has 2 aliphatic heterocycles. The van der Waals surface area contributed by atoms with Crippen LogP contribution in [-0.2, 0) is 4.79 Å². The number of ether oxygens (including phenoxy) is 2. The molecule has 1 saturated heterocycles. The quantitative estimate of drug-likeness (QED) is 0.536. The van der Waals surface area contributed by atoms with E-state index < -0.39 is 0 Å². The zero-order valence-electron chi connectivity index (χ0n) is 18.4. The van der Waals surface area contributed by atoms with Crippen molar-refractivity contribution in [1.82, 2.24) is 14.7 Å². The molecular formula is C25H23ClN4O4. The van der Waals surface area contributed by atoms with Crippen molar-refractivity contribution in [2.24, 2.45) is 0 Å². The van der Waals surface area contributed by atoms with Gasteiger partial charge in [-0.1, -0.05) is 35.9 Å². The smallest absolute Gasteiger partial charge is 0.292 e. The maximum Gasteiger partial charge on any atom is 0.292 e. The van der Waals surface area contributed by atoms with Gasteiger partial charge in [0, 0.05) is 32.3 Å². The SMILES string of the molecule is O=C(C=Cc1ccc2c(c1)OCCO2)N1CCN(c2cnn(-c3ccccc3)c(=O)c2Cl)CC1. The number of carbonyl (C=O) groups is 1. The number of hydrogen-bond acceptors (Lipinski definition) is 6. The number of anilines is 1. The average Bonchev–Trinajstić information content (AvgIpc) is 2.89. The Morgan fingerprint density at radius 3 is 2.47 bits per heavy atom. The number of amides is 1. The van der Waals surface area contributed by atoms with Crippen molar-refractivity contribution < 1.29 is 14.3 Å². The van der Waals surface area contributed by atoms with Gasteiger partial charge in [0.1, 0.15) is 18.2 Å². The maximum atomic E-state index is 12.8. The highest BCUT2D eigenvalue weighted by molar-refractivity contribution is 6.33. The predicted octanol–water partition coefficient (Wildman–Crippen LogP) is 3.02.